The third kappa shape index (κ3) is 1.87. The third-order valence-electron chi connectivity index (χ3n) is 2.99. The number of aromatic nitrogens is 1. The lowest BCUT2D eigenvalue weighted by atomic mass is 10.1. The zero-order valence-electron chi connectivity index (χ0n) is 10.3. The number of fused-ring (bicyclic) bond motifs is 1. The molecule has 3 heteroatoms. The summed E-state index contributed by atoms with van der Waals surface area (Å²) < 4.78 is 1.20. The maximum Gasteiger partial charge on any atom is 0.124 e. The van der Waals surface area contributed by atoms with Gasteiger partial charge in [0.1, 0.15) is 10.8 Å². The van der Waals surface area contributed by atoms with Gasteiger partial charge in [0, 0.05) is 5.56 Å². The molecule has 0 saturated heterocycles. The Bertz CT molecular complexity index is 730. The highest BCUT2D eigenvalue weighted by Gasteiger charge is 2.07. The van der Waals surface area contributed by atoms with Gasteiger partial charge in [-0.05, 0) is 55.3 Å². The number of phenolic OH excluding ortho intramolecular Hbond substituents is 1. The Labute approximate surface area is 110 Å². The fraction of sp³-hybridized carbons (Fsp3) is 0.133. The number of rotatable bonds is 1. The first-order chi connectivity index (χ1) is 8.63. The van der Waals surface area contributed by atoms with Gasteiger partial charge < -0.3 is 5.11 Å². The van der Waals surface area contributed by atoms with Crippen LogP contribution in [-0.4, -0.2) is 10.1 Å². The number of thiazole rings is 1. The van der Waals surface area contributed by atoms with Crippen LogP contribution in [0.2, 0.25) is 0 Å². The Kier molecular flexibility index (Phi) is 2.56. The number of hydrogen-bond acceptors (Lipinski definition) is 3. The average Bonchev–Trinajstić information content (AvgIpc) is 2.75. The Morgan fingerprint density at radius 2 is 1.89 bits per heavy atom. The summed E-state index contributed by atoms with van der Waals surface area (Å²) in [5, 5.41) is 10.5. The number of hydrogen-bond donors (Lipinski definition) is 1. The van der Waals surface area contributed by atoms with Gasteiger partial charge >= 0.3 is 0 Å². The van der Waals surface area contributed by atoms with Crippen molar-refractivity contribution in [2.24, 2.45) is 0 Å². The fourth-order valence-corrected chi connectivity index (χ4v) is 2.89. The highest BCUT2D eigenvalue weighted by atomic mass is 32.1. The summed E-state index contributed by atoms with van der Waals surface area (Å²) in [5.41, 5.74) is 4.20. The maximum absolute atomic E-state index is 9.55. The monoisotopic (exact) mass is 255 g/mol. The van der Waals surface area contributed by atoms with Crippen molar-refractivity contribution in [3.8, 4) is 16.3 Å². The summed E-state index contributed by atoms with van der Waals surface area (Å²) in [5.74, 6) is 0.329. The first-order valence-corrected chi connectivity index (χ1v) is 6.62. The van der Waals surface area contributed by atoms with Gasteiger partial charge in [-0.3, -0.25) is 0 Å². The lowest BCUT2D eigenvalue weighted by Gasteiger charge is -2.00. The Hall–Kier alpha value is -1.87. The second kappa shape index (κ2) is 4.10. The number of aryl methyl sites for hydroxylation is 2. The quantitative estimate of drug-likeness (QED) is 0.703. The van der Waals surface area contributed by atoms with Gasteiger partial charge in [-0.15, -0.1) is 11.3 Å². The molecule has 0 fully saturated rings. The molecule has 1 N–H and O–H groups in total. The minimum atomic E-state index is 0.329. The summed E-state index contributed by atoms with van der Waals surface area (Å²) in [6.07, 6.45) is 0. The van der Waals surface area contributed by atoms with E-state index < -0.39 is 0 Å². The molecule has 0 aliphatic heterocycles. The summed E-state index contributed by atoms with van der Waals surface area (Å²) in [6.45, 7) is 3.97. The number of nitrogens with zero attached hydrogens (tertiary/aromatic N) is 1. The second-order valence-corrected chi connectivity index (χ2v) is 5.52. The SMILES string of the molecule is Cc1ccc2sc(-c3ccc(O)c(C)c3)nc2c1. The van der Waals surface area contributed by atoms with E-state index in [9.17, 15) is 5.11 Å². The van der Waals surface area contributed by atoms with Crippen LogP contribution in [0.1, 0.15) is 11.1 Å². The molecule has 0 radical (unpaired) electrons. The zero-order valence-corrected chi connectivity index (χ0v) is 11.1. The molecule has 0 aliphatic rings. The van der Waals surface area contributed by atoms with Crippen molar-refractivity contribution in [1.29, 1.82) is 0 Å². The molecule has 0 atom stereocenters. The van der Waals surface area contributed by atoms with E-state index in [1.54, 1.807) is 17.4 Å². The van der Waals surface area contributed by atoms with E-state index in [-0.39, 0.29) is 0 Å². The topological polar surface area (TPSA) is 33.1 Å². The molecule has 0 unspecified atom stereocenters. The smallest absolute Gasteiger partial charge is 0.124 e. The van der Waals surface area contributed by atoms with E-state index in [4.69, 9.17) is 0 Å². The average molecular weight is 255 g/mol. The van der Waals surface area contributed by atoms with Crippen LogP contribution in [0, 0.1) is 13.8 Å². The van der Waals surface area contributed by atoms with Crippen LogP contribution in [0.4, 0.5) is 0 Å². The van der Waals surface area contributed by atoms with Gasteiger partial charge in [0.15, 0.2) is 0 Å². The van der Waals surface area contributed by atoms with E-state index in [0.717, 1.165) is 21.7 Å². The molecule has 0 aliphatic carbocycles. The van der Waals surface area contributed by atoms with Gasteiger partial charge in [0.05, 0.1) is 10.2 Å². The summed E-state index contributed by atoms with van der Waals surface area (Å²) in [6, 6.07) is 11.9. The van der Waals surface area contributed by atoms with E-state index in [2.05, 4.69) is 30.1 Å². The minimum Gasteiger partial charge on any atom is -0.508 e. The van der Waals surface area contributed by atoms with Gasteiger partial charge in [-0.25, -0.2) is 4.98 Å². The Balaban J connectivity index is 2.16. The number of benzene rings is 2. The van der Waals surface area contributed by atoms with E-state index in [1.807, 2.05) is 19.1 Å². The molecule has 3 rings (SSSR count). The van der Waals surface area contributed by atoms with Crippen LogP contribution >= 0.6 is 11.3 Å². The van der Waals surface area contributed by atoms with Crippen LogP contribution in [0.15, 0.2) is 36.4 Å². The highest BCUT2D eigenvalue weighted by molar-refractivity contribution is 7.21. The van der Waals surface area contributed by atoms with Gasteiger partial charge in [0.2, 0.25) is 0 Å². The normalized spacial score (nSPS) is 11.0. The Morgan fingerprint density at radius 1 is 1.06 bits per heavy atom. The molecule has 0 bridgehead atoms. The Morgan fingerprint density at radius 3 is 2.67 bits per heavy atom. The predicted molar refractivity (Wildman–Crippen MR) is 76.2 cm³/mol. The second-order valence-electron chi connectivity index (χ2n) is 4.49. The molecule has 1 heterocycles. The minimum absolute atomic E-state index is 0.329. The predicted octanol–water partition coefficient (Wildman–Crippen LogP) is 4.29. The number of phenols is 1. The van der Waals surface area contributed by atoms with Crippen molar-refractivity contribution in [3.63, 3.8) is 0 Å². The molecule has 2 aromatic carbocycles. The van der Waals surface area contributed by atoms with Crippen molar-refractivity contribution in [2.75, 3.05) is 0 Å². The van der Waals surface area contributed by atoms with E-state index in [0.29, 0.717) is 5.75 Å². The molecule has 90 valence electrons. The van der Waals surface area contributed by atoms with E-state index in [1.165, 1.54) is 10.3 Å². The van der Waals surface area contributed by atoms with Gasteiger partial charge in [-0.2, -0.15) is 0 Å². The third-order valence-corrected chi connectivity index (χ3v) is 4.07. The molecule has 0 amide bonds. The molecule has 3 aromatic rings. The first-order valence-electron chi connectivity index (χ1n) is 5.81. The molecule has 18 heavy (non-hydrogen) atoms. The van der Waals surface area contributed by atoms with Crippen LogP contribution in [0.3, 0.4) is 0 Å². The highest BCUT2D eigenvalue weighted by Crippen LogP contribution is 2.32. The van der Waals surface area contributed by atoms with Crippen molar-refractivity contribution in [2.45, 2.75) is 13.8 Å². The molecular weight excluding hydrogens is 242 g/mol. The van der Waals surface area contributed by atoms with Gasteiger partial charge in [-0.1, -0.05) is 6.07 Å². The maximum atomic E-state index is 9.55. The fourth-order valence-electron chi connectivity index (χ4n) is 1.95. The summed E-state index contributed by atoms with van der Waals surface area (Å²) in [7, 11) is 0. The summed E-state index contributed by atoms with van der Waals surface area (Å²) in [4.78, 5) is 4.65. The van der Waals surface area contributed by atoms with Crippen LogP contribution in [-0.2, 0) is 0 Å². The molecule has 0 spiro atoms. The first kappa shape index (κ1) is 11.2. The molecular formula is C15H13NOS. The lowest BCUT2D eigenvalue weighted by Crippen LogP contribution is -1.79. The van der Waals surface area contributed by atoms with Crippen molar-refractivity contribution < 1.29 is 5.11 Å². The molecule has 0 saturated carbocycles. The van der Waals surface area contributed by atoms with Crippen molar-refractivity contribution >= 4 is 21.6 Å². The zero-order chi connectivity index (χ0) is 12.7. The van der Waals surface area contributed by atoms with Crippen LogP contribution in [0.25, 0.3) is 20.8 Å². The van der Waals surface area contributed by atoms with E-state index >= 15 is 0 Å². The van der Waals surface area contributed by atoms with Crippen LogP contribution < -0.4 is 0 Å². The summed E-state index contributed by atoms with van der Waals surface area (Å²) >= 11 is 1.68. The molecule has 1 aromatic heterocycles. The van der Waals surface area contributed by atoms with Gasteiger partial charge in [0.25, 0.3) is 0 Å². The standard InChI is InChI=1S/C15H13NOS/c1-9-3-6-14-12(7-9)16-15(18-14)11-4-5-13(17)10(2)8-11/h3-8,17H,1-2H3. The largest absolute Gasteiger partial charge is 0.508 e. The van der Waals surface area contributed by atoms with Crippen molar-refractivity contribution in [1.82, 2.24) is 4.98 Å². The number of aromatic hydroxyl groups is 1. The van der Waals surface area contributed by atoms with Crippen molar-refractivity contribution in [3.05, 3.63) is 47.5 Å². The lowest BCUT2D eigenvalue weighted by molar-refractivity contribution is 0.471. The van der Waals surface area contributed by atoms with Crippen LogP contribution in [0.5, 0.6) is 5.75 Å². The molecule has 2 nitrogen and oxygen atoms in total.